The van der Waals surface area contributed by atoms with E-state index in [-0.39, 0.29) is 85.5 Å². The lowest BCUT2D eigenvalue weighted by Crippen LogP contribution is -2.38. The summed E-state index contributed by atoms with van der Waals surface area (Å²) < 4.78 is 215. The average molecular weight is 1350 g/mol. The number of benzene rings is 5. The predicted octanol–water partition coefficient (Wildman–Crippen LogP) is 6.42. The van der Waals surface area contributed by atoms with Crippen LogP contribution in [0.2, 0.25) is 0 Å². The van der Waals surface area contributed by atoms with E-state index in [1.165, 1.54) is 18.2 Å². The Hall–Kier alpha value is -6.88. The van der Waals surface area contributed by atoms with Crippen LogP contribution in [-0.4, -0.2) is 149 Å². The first-order chi connectivity index (χ1) is 41.2. The lowest BCUT2D eigenvalue weighted by molar-refractivity contribution is -0.401. The Labute approximate surface area is 515 Å². The number of unbranched alkanes of at least 4 members (excludes halogenated alkanes) is 3. The van der Waals surface area contributed by atoms with E-state index in [0.717, 1.165) is 34.7 Å². The number of imide groups is 1. The molecule has 2 unspecified atom stereocenters. The minimum absolute atomic E-state index is 0.00363. The molecule has 89 heavy (non-hydrogen) atoms. The number of nitrogens with zero attached hydrogens (tertiary/aromatic N) is 3. The van der Waals surface area contributed by atoms with Crippen LogP contribution in [0.4, 0.5) is 11.4 Å². The number of rotatable bonds is 26. The summed E-state index contributed by atoms with van der Waals surface area (Å²) in [5.74, 6) is -2.46. The van der Waals surface area contributed by atoms with E-state index in [2.05, 4.69) is 5.32 Å². The van der Waals surface area contributed by atoms with Crippen LogP contribution in [0, 0.1) is 0 Å². The molecule has 3 aliphatic heterocycles. The minimum atomic E-state index is -5.40. The van der Waals surface area contributed by atoms with Crippen molar-refractivity contribution in [1.29, 1.82) is 0 Å². The molecule has 25 nitrogen and oxygen atoms in total. The van der Waals surface area contributed by atoms with E-state index in [1.807, 2.05) is 24.3 Å². The third-order valence-corrected chi connectivity index (χ3v) is 21.4. The molecule has 3 amide bonds. The van der Waals surface area contributed by atoms with Crippen LogP contribution in [0.5, 0.6) is 0 Å². The maximum atomic E-state index is 12.9. The number of fused-ring (bicyclic) bond motifs is 6. The predicted molar refractivity (Wildman–Crippen MR) is 328 cm³/mol. The van der Waals surface area contributed by atoms with Gasteiger partial charge in [0, 0.05) is 78.6 Å². The summed E-state index contributed by atoms with van der Waals surface area (Å²) in [4.78, 5) is 35.7. The molecule has 0 saturated heterocycles. The molecule has 2 atom stereocenters. The SMILES string of the molecule is CN1C(=CC=C(C=CC2=[N+](C)c3ccc4c(S(=O)(=O)O)cc(S(=O)(=O)O)cc4c3C2(C)CCCCS(=O)(=O)O)c2ccc(CCCCC(=O)NCCN3C(=O)C=CC3=O)cc2)C(C)(CCCCS(=O)(=O)O)c2c1ccc1c(S(=O)(=O)[O-])cc(S(=O)(=O)O)cc21. The van der Waals surface area contributed by atoms with Crippen molar-refractivity contribution in [3.05, 3.63) is 137 Å². The third-order valence-electron chi connectivity index (χ3n) is 16.4. The van der Waals surface area contributed by atoms with Gasteiger partial charge in [-0.3, -0.25) is 42.0 Å². The van der Waals surface area contributed by atoms with Crippen molar-refractivity contribution in [2.24, 2.45) is 0 Å². The van der Waals surface area contributed by atoms with Gasteiger partial charge >= 0.3 is 0 Å². The summed E-state index contributed by atoms with van der Waals surface area (Å²) in [6, 6.07) is 16.4. The lowest BCUT2D eigenvalue weighted by atomic mass is 9.73. The number of amides is 3. The van der Waals surface area contributed by atoms with Crippen molar-refractivity contribution in [2.45, 2.75) is 108 Å². The van der Waals surface area contributed by atoms with Crippen LogP contribution >= 0.6 is 0 Å². The Bertz CT molecular complexity index is 4640. The van der Waals surface area contributed by atoms with E-state index >= 15 is 0 Å². The molecular weight excluding hydrogens is 1280 g/mol. The Kier molecular flexibility index (Phi) is 19.4. The van der Waals surface area contributed by atoms with Gasteiger partial charge in [-0.05, 0) is 146 Å². The fraction of sp³-hybridized carbons (Fsp3) is 0.345. The van der Waals surface area contributed by atoms with Crippen molar-refractivity contribution >= 4 is 123 Å². The van der Waals surface area contributed by atoms with Crippen LogP contribution < -0.4 is 10.2 Å². The van der Waals surface area contributed by atoms with Crippen LogP contribution in [0.1, 0.15) is 93.9 Å². The Morgan fingerprint density at radius 2 is 1.18 bits per heavy atom. The zero-order valence-electron chi connectivity index (χ0n) is 48.4. The third kappa shape index (κ3) is 15.1. The average Bonchev–Trinajstić information content (AvgIpc) is 1.62. The molecular formula is C58H64N4O21S6. The number of hydrogen-bond acceptors (Lipinski definition) is 17. The normalized spacial score (nSPS) is 19.0. The highest BCUT2D eigenvalue weighted by molar-refractivity contribution is 7.87. The molecule has 5 aromatic rings. The zero-order valence-corrected chi connectivity index (χ0v) is 53.2. The van der Waals surface area contributed by atoms with Gasteiger partial charge in [-0.15, -0.1) is 0 Å². The molecule has 0 saturated carbocycles. The van der Waals surface area contributed by atoms with Crippen molar-refractivity contribution < 1.29 is 96.8 Å². The van der Waals surface area contributed by atoms with E-state index in [4.69, 9.17) is 0 Å². The van der Waals surface area contributed by atoms with Crippen LogP contribution in [0.15, 0.2) is 135 Å². The molecule has 31 heteroatoms. The zero-order chi connectivity index (χ0) is 65.6. The Morgan fingerprint density at radius 3 is 1.73 bits per heavy atom. The lowest BCUT2D eigenvalue weighted by Gasteiger charge is -2.30. The van der Waals surface area contributed by atoms with Crippen molar-refractivity contribution in [3.8, 4) is 0 Å². The summed E-state index contributed by atoms with van der Waals surface area (Å²) in [7, 11) is -26.4. The van der Waals surface area contributed by atoms with E-state index in [9.17, 15) is 92.2 Å². The van der Waals surface area contributed by atoms with Gasteiger partial charge in [-0.1, -0.05) is 49.2 Å². The summed E-state index contributed by atoms with van der Waals surface area (Å²) in [6.07, 6.45) is 11.2. The van der Waals surface area contributed by atoms with Gasteiger partial charge in [-0.2, -0.15) is 46.7 Å². The van der Waals surface area contributed by atoms with Crippen molar-refractivity contribution in [2.75, 3.05) is 43.6 Å². The molecule has 0 bridgehead atoms. The highest BCUT2D eigenvalue weighted by Gasteiger charge is 2.48. The first-order valence-electron chi connectivity index (χ1n) is 27.6. The fourth-order valence-electron chi connectivity index (χ4n) is 12.2. The van der Waals surface area contributed by atoms with Crippen LogP contribution in [0.3, 0.4) is 0 Å². The van der Waals surface area contributed by atoms with E-state index < -0.39 is 114 Å². The second-order valence-electron chi connectivity index (χ2n) is 22.4. The van der Waals surface area contributed by atoms with Gasteiger partial charge < -0.3 is 14.8 Å². The standard InChI is InChI=1S/C58H64N4O21S6/c1-57(27-7-9-31-84(66,67)68)50(60(3)46-21-19-42-44(55(46)57)33-40(86(72,73)74)35-48(42)88(78,79)80)23-17-39(38-15-13-37(14-16-38)11-5-6-12-52(63)59-29-30-62-53(64)25-26-54(62)65)18-24-51-58(2,28-8-10-32-85(69,70)71)56-45-34-41(87(75,76)77)36-49(89(81,82)83)43(45)20-22-47(56)61(51)4/h13-26,33-36H,5-12,27-32H2,1-4H3,(H6-,59,63,66,67,68,69,70,71,72,73,74,75,76,77,78,79,80,81,82,83). The highest BCUT2D eigenvalue weighted by atomic mass is 32.2. The Balaban J connectivity index is 1.26. The quantitative estimate of drug-likeness (QED) is 0.0114. The maximum absolute atomic E-state index is 12.9. The van der Waals surface area contributed by atoms with Gasteiger partial charge in [0.25, 0.3) is 62.4 Å². The minimum Gasteiger partial charge on any atom is -0.744 e. The number of allylic oxidation sites excluding steroid dienone is 6. The van der Waals surface area contributed by atoms with Gasteiger partial charge in [0.1, 0.15) is 22.1 Å². The smallest absolute Gasteiger partial charge is 0.295 e. The molecule has 8 rings (SSSR count). The van der Waals surface area contributed by atoms with Gasteiger partial charge in [0.2, 0.25) is 11.6 Å². The number of aryl methyl sites for hydroxylation is 1. The molecule has 6 N–H and O–H groups in total. The molecule has 3 heterocycles. The van der Waals surface area contributed by atoms with Crippen LogP contribution in [-0.2, 0) is 92.3 Å². The molecule has 0 aromatic heterocycles. The van der Waals surface area contributed by atoms with Crippen molar-refractivity contribution in [1.82, 2.24) is 10.2 Å². The second kappa shape index (κ2) is 25.4. The largest absolute Gasteiger partial charge is 0.744 e. The number of likely N-dealkylation sites (N-methyl/N-ethyl adjacent to an activating group) is 1. The number of carbonyl (C=O) groups is 3. The summed E-state index contributed by atoms with van der Waals surface area (Å²) in [5, 5.41) is 2.38. The molecule has 0 aliphatic carbocycles. The molecule has 0 fully saturated rings. The summed E-state index contributed by atoms with van der Waals surface area (Å²) in [5.41, 5.74) is 1.73. The molecule has 0 spiro atoms. The number of carbonyl (C=O) groups excluding carboxylic acids is 3. The van der Waals surface area contributed by atoms with E-state index in [0.29, 0.717) is 76.4 Å². The summed E-state index contributed by atoms with van der Waals surface area (Å²) in [6.45, 7) is 3.58. The maximum Gasteiger partial charge on any atom is 0.295 e. The van der Waals surface area contributed by atoms with Gasteiger partial charge in [0.05, 0.1) is 31.6 Å². The van der Waals surface area contributed by atoms with Gasteiger partial charge in [-0.25, -0.2) is 8.42 Å². The molecule has 5 aromatic carbocycles. The first-order valence-corrected chi connectivity index (χ1v) is 36.5. The first kappa shape index (κ1) is 68.0. The van der Waals surface area contributed by atoms with Crippen molar-refractivity contribution in [3.63, 3.8) is 0 Å². The molecule has 0 radical (unpaired) electrons. The Morgan fingerprint density at radius 1 is 0.640 bits per heavy atom. The number of nitrogens with one attached hydrogen (secondary N) is 1. The van der Waals surface area contributed by atoms with Gasteiger partial charge in [0.15, 0.2) is 5.71 Å². The molecule has 478 valence electrons. The fourth-order valence-corrected chi connectivity index (χ4v) is 16.0. The second-order valence-corrected chi connectivity index (χ2v) is 31.1. The highest BCUT2D eigenvalue weighted by Crippen LogP contribution is 2.54. The number of anilines is 1. The van der Waals surface area contributed by atoms with E-state index in [1.54, 1.807) is 67.8 Å². The molecule has 3 aliphatic rings. The monoisotopic (exact) mass is 1340 g/mol. The topological polar surface area (TPSA) is 402 Å². The summed E-state index contributed by atoms with van der Waals surface area (Å²) >= 11 is 0. The van der Waals surface area contributed by atoms with Crippen LogP contribution in [0.25, 0.3) is 27.1 Å². The number of hydrogen-bond donors (Lipinski definition) is 6.